The van der Waals surface area contributed by atoms with Crippen LogP contribution in [0.1, 0.15) is 5.56 Å². The number of rotatable bonds is 6. The van der Waals surface area contributed by atoms with Gasteiger partial charge in [-0.15, -0.1) is 24.8 Å². The van der Waals surface area contributed by atoms with Crippen molar-refractivity contribution in [2.75, 3.05) is 38.9 Å². The third-order valence-corrected chi connectivity index (χ3v) is 6.70. The molecule has 2 heterocycles. The van der Waals surface area contributed by atoms with Gasteiger partial charge in [-0.1, -0.05) is 24.3 Å². The number of benzene rings is 3. The van der Waals surface area contributed by atoms with E-state index in [0.29, 0.717) is 33.9 Å². The van der Waals surface area contributed by atoms with Crippen molar-refractivity contribution in [2.45, 2.75) is 6.18 Å². The summed E-state index contributed by atoms with van der Waals surface area (Å²) < 4.78 is 66.9. The van der Waals surface area contributed by atoms with Crippen LogP contribution in [0.25, 0.3) is 44.5 Å². The third-order valence-electron chi connectivity index (χ3n) is 6.70. The number of hydrogen-bond acceptors (Lipinski definition) is 7. The maximum Gasteiger partial charge on any atom is 0.419 e. The molecule has 5 aromatic rings. The van der Waals surface area contributed by atoms with E-state index in [4.69, 9.17) is 20.2 Å². The SMILES string of the molecule is COc1ccc(-c2c(-c3ccc(N(C)C)cc3)nc3ncnc(N)c3c2-c2ccc(F)c(C(F)(F)F)c2)cc1OC.Cl.Cl. The Morgan fingerprint density at radius 1 is 0.767 bits per heavy atom. The molecular weight excluding hydrogens is 609 g/mol. The summed E-state index contributed by atoms with van der Waals surface area (Å²) in [5, 5.41) is 0.227. The number of pyridine rings is 1. The Balaban J connectivity index is 0.00000253. The maximum atomic E-state index is 14.4. The summed E-state index contributed by atoms with van der Waals surface area (Å²) in [6.45, 7) is 0. The fourth-order valence-corrected chi connectivity index (χ4v) is 4.71. The molecule has 0 bridgehead atoms. The quantitative estimate of drug-likeness (QED) is 0.191. The smallest absolute Gasteiger partial charge is 0.419 e. The lowest BCUT2D eigenvalue weighted by molar-refractivity contribution is -0.139. The van der Waals surface area contributed by atoms with Gasteiger partial charge in [0.15, 0.2) is 17.1 Å². The summed E-state index contributed by atoms with van der Waals surface area (Å²) in [6, 6.07) is 15.4. The molecule has 2 N–H and O–H groups in total. The van der Waals surface area contributed by atoms with Gasteiger partial charge in [0.1, 0.15) is 18.0 Å². The summed E-state index contributed by atoms with van der Waals surface area (Å²) in [6.07, 6.45) is -3.70. The molecule has 13 heteroatoms. The number of ether oxygens (including phenoxy) is 2. The van der Waals surface area contributed by atoms with Gasteiger partial charge in [0.05, 0.1) is 30.9 Å². The molecule has 0 spiro atoms. The molecule has 0 atom stereocenters. The number of nitrogen functional groups attached to an aromatic ring is 1. The Labute approximate surface area is 257 Å². The zero-order chi connectivity index (χ0) is 29.5. The van der Waals surface area contributed by atoms with Crippen LogP contribution in [0.2, 0.25) is 0 Å². The second-order valence-electron chi connectivity index (χ2n) is 9.37. The van der Waals surface area contributed by atoms with Crippen LogP contribution in [0.15, 0.2) is 67.0 Å². The highest BCUT2D eigenvalue weighted by atomic mass is 35.5. The molecular formula is C30H27Cl2F4N5O2. The first-order valence-electron chi connectivity index (χ1n) is 12.3. The largest absolute Gasteiger partial charge is 0.493 e. The van der Waals surface area contributed by atoms with E-state index in [2.05, 4.69) is 9.97 Å². The zero-order valence-electron chi connectivity index (χ0n) is 23.4. The van der Waals surface area contributed by atoms with Crippen LogP contribution in [0, 0.1) is 5.82 Å². The molecule has 0 aliphatic carbocycles. The number of aromatic nitrogens is 3. The summed E-state index contributed by atoms with van der Waals surface area (Å²) in [5.41, 5.74) is 8.36. The zero-order valence-corrected chi connectivity index (χ0v) is 25.0. The fraction of sp³-hybridized carbons (Fsp3) is 0.167. The van der Waals surface area contributed by atoms with Gasteiger partial charge in [0.2, 0.25) is 0 Å². The second kappa shape index (κ2) is 12.9. The molecule has 0 saturated carbocycles. The van der Waals surface area contributed by atoms with Crippen LogP contribution >= 0.6 is 24.8 Å². The van der Waals surface area contributed by atoms with E-state index in [9.17, 15) is 17.6 Å². The van der Waals surface area contributed by atoms with Crippen molar-refractivity contribution in [1.82, 2.24) is 15.0 Å². The number of anilines is 2. The first kappa shape index (κ1) is 33.2. The summed E-state index contributed by atoms with van der Waals surface area (Å²) in [5.74, 6) is -0.549. The van der Waals surface area contributed by atoms with E-state index < -0.39 is 17.6 Å². The predicted molar refractivity (Wildman–Crippen MR) is 165 cm³/mol. The molecule has 0 aliphatic heterocycles. The van der Waals surface area contributed by atoms with E-state index in [1.807, 2.05) is 43.3 Å². The number of nitrogens with zero attached hydrogens (tertiary/aromatic N) is 4. The minimum Gasteiger partial charge on any atom is -0.493 e. The summed E-state index contributed by atoms with van der Waals surface area (Å²) in [4.78, 5) is 15.1. The molecule has 0 saturated heterocycles. The first-order chi connectivity index (χ1) is 19.5. The van der Waals surface area contributed by atoms with E-state index in [-0.39, 0.29) is 52.8 Å². The minimum absolute atomic E-state index is 0. The van der Waals surface area contributed by atoms with Gasteiger partial charge in [-0.2, -0.15) is 13.2 Å². The molecule has 0 radical (unpaired) electrons. The molecule has 5 rings (SSSR count). The molecule has 7 nitrogen and oxygen atoms in total. The molecule has 3 aromatic carbocycles. The van der Waals surface area contributed by atoms with Gasteiger partial charge < -0.3 is 20.1 Å². The van der Waals surface area contributed by atoms with Crippen molar-refractivity contribution >= 4 is 47.4 Å². The molecule has 0 unspecified atom stereocenters. The van der Waals surface area contributed by atoms with Crippen molar-refractivity contribution in [1.29, 1.82) is 0 Å². The van der Waals surface area contributed by atoms with Crippen LogP contribution in [0.3, 0.4) is 0 Å². The molecule has 0 fully saturated rings. The number of fused-ring (bicyclic) bond motifs is 1. The minimum atomic E-state index is -4.93. The van der Waals surface area contributed by atoms with Crippen molar-refractivity contribution in [3.05, 3.63) is 78.4 Å². The molecule has 2 aromatic heterocycles. The number of alkyl halides is 3. The Morgan fingerprint density at radius 2 is 1.37 bits per heavy atom. The third kappa shape index (κ3) is 6.23. The van der Waals surface area contributed by atoms with Crippen LogP contribution in [0.5, 0.6) is 11.5 Å². The van der Waals surface area contributed by atoms with E-state index >= 15 is 0 Å². The monoisotopic (exact) mass is 635 g/mol. The summed E-state index contributed by atoms with van der Waals surface area (Å²) >= 11 is 0. The Bertz CT molecular complexity index is 1770. The number of halogens is 6. The van der Waals surface area contributed by atoms with Crippen molar-refractivity contribution in [2.24, 2.45) is 0 Å². The first-order valence-corrected chi connectivity index (χ1v) is 12.3. The molecule has 43 heavy (non-hydrogen) atoms. The Morgan fingerprint density at radius 3 is 1.98 bits per heavy atom. The van der Waals surface area contributed by atoms with E-state index in [0.717, 1.165) is 17.8 Å². The Hall–Kier alpha value is -4.35. The number of methoxy groups -OCH3 is 2. The lowest BCUT2D eigenvalue weighted by Crippen LogP contribution is -2.09. The number of hydrogen-bond donors (Lipinski definition) is 1. The van der Waals surface area contributed by atoms with Gasteiger partial charge in [0, 0.05) is 36.5 Å². The highest BCUT2D eigenvalue weighted by Gasteiger charge is 2.35. The average Bonchev–Trinajstić information content (AvgIpc) is 2.95. The summed E-state index contributed by atoms with van der Waals surface area (Å²) in [7, 11) is 6.78. The van der Waals surface area contributed by atoms with Gasteiger partial charge in [-0.3, -0.25) is 0 Å². The maximum absolute atomic E-state index is 14.4. The van der Waals surface area contributed by atoms with Crippen molar-refractivity contribution < 1.29 is 27.0 Å². The van der Waals surface area contributed by atoms with Crippen molar-refractivity contribution in [3.8, 4) is 45.0 Å². The highest BCUT2D eigenvalue weighted by molar-refractivity contribution is 6.09. The van der Waals surface area contributed by atoms with Gasteiger partial charge in [-0.05, 0) is 47.5 Å². The van der Waals surface area contributed by atoms with Gasteiger partial charge >= 0.3 is 6.18 Å². The van der Waals surface area contributed by atoms with Gasteiger partial charge in [0.25, 0.3) is 0 Å². The van der Waals surface area contributed by atoms with Crippen molar-refractivity contribution in [3.63, 3.8) is 0 Å². The second-order valence-corrected chi connectivity index (χ2v) is 9.37. The fourth-order valence-electron chi connectivity index (χ4n) is 4.71. The Kier molecular flexibility index (Phi) is 9.93. The highest BCUT2D eigenvalue weighted by Crippen LogP contribution is 2.47. The molecule has 0 aliphatic rings. The van der Waals surface area contributed by atoms with Crippen LogP contribution in [-0.4, -0.2) is 43.3 Å². The van der Waals surface area contributed by atoms with E-state index in [1.54, 1.807) is 18.2 Å². The lowest BCUT2D eigenvalue weighted by atomic mass is 9.88. The predicted octanol–water partition coefficient (Wildman–Crippen LogP) is 7.69. The lowest BCUT2D eigenvalue weighted by Gasteiger charge is -2.21. The van der Waals surface area contributed by atoms with Crippen LogP contribution < -0.4 is 20.1 Å². The van der Waals surface area contributed by atoms with Crippen LogP contribution in [0.4, 0.5) is 29.1 Å². The van der Waals surface area contributed by atoms with Crippen LogP contribution in [-0.2, 0) is 6.18 Å². The normalized spacial score (nSPS) is 11.0. The molecule has 226 valence electrons. The molecule has 0 amide bonds. The topological polar surface area (TPSA) is 86.4 Å². The number of nitrogens with two attached hydrogens (primary N) is 1. The van der Waals surface area contributed by atoms with Gasteiger partial charge in [-0.25, -0.2) is 19.3 Å². The van der Waals surface area contributed by atoms with E-state index in [1.165, 1.54) is 26.6 Å². The average molecular weight is 636 g/mol. The standard InChI is InChI=1S/C30H25F4N5O2.2ClH/c1-39(2)19-9-5-16(6-10-19)27-25(18-8-12-22(40-3)23(14-18)41-4)24(26-28(35)36-15-37-29(26)38-27)17-7-11-21(31)20(13-17)30(32,33)34;;/h5-15H,1-4H3,(H2,35,36,37,38);2*1H.